The number of carbonyl (C=O) groups is 2. The average molecular weight is 465 g/mol. The number of ether oxygens (including phenoxy) is 2. The van der Waals surface area contributed by atoms with Crippen molar-refractivity contribution >= 4 is 28.4 Å². The Morgan fingerprint density at radius 2 is 1.62 bits per heavy atom. The maximum atomic E-state index is 13.5. The summed E-state index contributed by atoms with van der Waals surface area (Å²) in [4.78, 5) is 44.5. The third-order valence-electron chi connectivity index (χ3n) is 6.86. The van der Waals surface area contributed by atoms with Crippen molar-refractivity contribution in [3.8, 4) is 11.5 Å². The number of nitrogen functional groups attached to an aromatic ring is 1. The number of anilines is 1. The Bertz CT molecular complexity index is 1320. The lowest BCUT2D eigenvalue weighted by atomic mass is 9.92. The van der Waals surface area contributed by atoms with Gasteiger partial charge in [-0.25, -0.2) is 4.98 Å². The molecular weight excluding hydrogens is 436 g/mol. The molecule has 0 bridgehead atoms. The van der Waals surface area contributed by atoms with Crippen molar-refractivity contribution in [3.63, 3.8) is 0 Å². The second kappa shape index (κ2) is 8.92. The van der Waals surface area contributed by atoms with Crippen LogP contribution in [0.15, 0.2) is 21.3 Å². The molecule has 178 valence electrons. The van der Waals surface area contributed by atoms with Gasteiger partial charge in [-0.15, -0.1) is 0 Å². The lowest BCUT2D eigenvalue weighted by Crippen LogP contribution is -2.31. The number of fused-ring (bicyclic) bond motifs is 2. The number of ketones is 2. The van der Waals surface area contributed by atoms with Crippen molar-refractivity contribution in [3.05, 3.63) is 44.6 Å². The largest absolute Gasteiger partial charge is 0.452 e. The molecule has 5 rings (SSSR count). The summed E-state index contributed by atoms with van der Waals surface area (Å²) in [6.45, 7) is 4.47. The standard InChI is InChI=1S/C26H28N2O6/c1-13-9-10-15(23(30)16-7-3-5-11-32-16)20-25(13)34-26-14(2)22(29)19(27)18(21(26)28-20)24(31)17-8-4-6-12-33-17/h9-10,16-17H,3-8,11-12,27H2,1-2H3/t16-,17+/m0/s1. The smallest absolute Gasteiger partial charge is 0.208 e. The van der Waals surface area contributed by atoms with Crippen LogP contribution in [0.2, 0.25) is 0 Å². The Balaban J connectivity index is 1.75. The molecule has 0 radical (unpaired) electrons. The van der Waals surface area contributed by atoms with E-state index in [2.05, 4.69) is 0 Å². The minimum atomic E-state index is -0.687. The molecule has 1 aromatic carbocycles. The van der Waals surface area contributed by atoms with Gasteiger partial charge in [-0.05, 0) is 64.0 Å². The third kappa shape index (κ3) is 3.71. The van der Waals surface area contributed by atoms with Gasteiger partial charge in [0.05, 0.1) is 11.3 Å². The molecule has 0 aromatic heterocycles. The predicted octanol–water partition coefficient (Wildman–Crippen LogP) is 4.00. The Labute approximate surface area is 196 Å². The van der Waals surface area contributed by atoms with Gasteiger partial charge in [0.1, 0.15) is 23.4 Å². The zero-order valence-electron chi connectivity index (χ0n) is 19.4. The van der Waals surface area contributed by atoms with Crippen LogP contribution in [-0.4, -0.2) is 42.0 Å². The van der Waals surface area contributed by atoms with Gasteiger partial charge < -0.3 is 19.6 Å². The number of hydrogen-bond acceptors (Lipinski definition) is 8. The molecule has 8 heteroatoms. The van der Waals surface area contributed by atoms with Gasteiger partial charge in [-0.3, -0.25) is 14.4 Å². The fraction of sp³-hybridized carbons (Fsp3) is 0.462. The van der Waals surface area contributed by atoms with Crippen molar-refractivity contribution in [1.29, 1.82) is 0 Å². The number of aromatic nitrogens is 1. The highest BCUT2D eigenvalue weighted by Gasteiger charge is 2.34. The van der Waals surface area contributed by atoms with Gasteiger partial charge in [0.15, 0.2) is 22.9 Å². The molecule has 8 nitrogen and oxygen atoms in total. The van der Waals surface area contributed by atoms with Gasteiger partial charge in [-0.1, -0.05) is 6.07 Å². The normalized spacial score (nSPS) is 21.1. The van der Waals surface area contributed by atoms with Crippen molar-refractivity contribution in [2.24, 2.45) is 0 Å². The van der Waals surface area contributed by atoms with Gasteiger partial charge in [-0.2, -0.15) is 0 Å². The van der Waals surface area contributed by atoms with Gasteiger partial charge in [0.25, 0.3) is 0 Å². The van der Waals surface area contributed by atoms with E-state index < -0.39 is 17.6 Å². The van der Waals surface area contributed by atoms with E-state index in [9.17, 15) is 14.4 Å². The fourth-order valence-electron chi connectivity index (χ4n) is 4.87. The molecular formula is C26H28N2O6. The molecule has 0 unspecified atom stereocenters. The number of benzene rings is 2. The lowest BCUT2D eigenvalue weighted by Gasteiger charge is -2.24. The summed E-state index contributed by atoms with van der Waals surface area (Å²) < 4.78 is 17.6. The molecule has 34 heavy (non-hydrogen) atoms. The van der Waals surface area contributed by atoms with Gasteiger partial charge >= 0.3 is 0 Å². The second-order valence-electron chi connectivity index (χ2n) is 9.18. The Morgan fingerprint density at radius 1 is 0.971 bits per heavy atom. The number of carbonyl (C=O) groups excluding carboxylic acids is 2. The summed E-state index contributed by atoms with van der Waals surface area (Å²) in [5.41, 5.74) is 7.90. The van der Waals surface area contributed by atoms with Crippen molar-refractivity contribution in [1.82, 2.24) is 4.98 Å². The van der Waals surface area contributed by atoms with Gasteiger partial charge in [0.2, 0.25) is 5.43 Å². The first-order valence-corrected chi connectivity index (χ1v) is 11.9. The molecule has 2 saturated heterocycles. The van der Waals surface area contributed by atoms with Crippen LogP contribution in [0.1, 0.15) is 70.4 Å². The van der Waals surface area contributed by atoms with E-state index >= 15 is 0 Å². The van der Waals surface area contributed by atoms with E-state index in [1.807, 2.05) is 6.92 Å². The maximum Gasteiger partial charge on any atom is 0.208 e. The maximum absolute atomic E-state index is 13.5. The summed E-state index contributed by atoms with van der Waals surface area (Å²) in [7, 11) is 0. The number of nitrogens with zero attached hydrogens (tertiary/aromatic N) is 1. The first-order chi connectivity index (χ1) is 16.4. The van der Waals surface area contributed by atoms with Gasteiger partial charge in [0, 0.05) is 24.3 Å². The van der Waals surface area contributed by atoms with Crippen LogP contribution in [0.25, 0.3) is 22.6 Å². The van der Waals surface area contributed by atoms with Crippen LogP contribution in [0.4, 0.5) is 5.69 Å². The average Bonchev–Trinajstić information content (AvgIpc) is 2.87. The summed E-state index contributed by atoms with van der Waals surface area (Å²) in [6, 6.07) is 3.51. The Hall–Kier alpha value is -3.10. The molecule has 0 amide bonds. The van der Waals surface area contributed by atoms with Crippen LogP contribution in [0, 0.1) is 13.8 Å². The zero-order chi connectivity index (χ0) is 24.0. The lowest BCUT2D eigenvalue weighted by molar-refractivity contribution is 0.0187. The van der Waals surface area contributed by atoms with Crippen molar-refractivity contribution < 1.29 is 23.5 Å². The van der Waals surface area contributed by atoms with Crippen LogP contribution < -0.4 is 11.2 Å². The molecule has 2 N–H and O–H groups in total. The van der Waals surface area contributed by atoms with E-state index in [0.29, 0.717) is 42.7 Å². The quantitative estimate of drug-likeness (QED) is 0.349. The summed E-state index contributed by atoms with van der Waals surface area (Å²) >= 11 is 0. The molecule has 3 heterocycles. The molecule has 0 spiro atoms. The van der Waals surface area contributed by atoms with Crippen LogP contribution in [0.3, 0.4) is 0 Å². The highest BCUT2D eigenvalue weighted by Crippen LogP contribution is 2.36. The van der Waals surface area contributed by atoms with Crippen LogP contribution >= 0.6 is 0 Å². The van der Waals surface area contributed by atoms with Crippen LogP contribution in [-0.2, 0) is 9.47 Å². The molecule has 2 atom stereocenters. The minimum Gasteiger partial charge on any atom is -0.452 e. The van der Waals surface area contributed by atoms with E-state index in [-0.39, 0.29) is 39.8 Å². The highest BCUT2D eigenvalue weighted by molar-refractivity contribution is 6.11. The van der Waals surface area contributed by atoms with Crippen LogP contribution in [0.5, 0.6) is 0 Å². The topological polar surface area (TPSA) is 122 Å². The number of Topliss-reactive ketones (excluding diaryl/α,β-unsaturated/α-hetero) is 2. The van der Waals surface area contributed by atoms with E-state index in [4.69, 9.17) is 24.6 Å². The predicted molar refractivity (Wildman–Crippen MR) is 127 cm³/mol. The summed E-state index contributed by atoms with van der Waals surface area (Å²) in [6.07, 6.45) is 3.56. The first kappa shape index (κ1) is 22.7. The van der Waals surface area contributed by atoms with Crippen molar-refractivity contribution in [2.75, 3.05) is 18.9 Å². The summed E-state index contributed by atoms with van der Waals surface area (Å²) in [5.74, 6) is -0.342. The molecule has 3 aliphatic heterocycles. The fourth-order valence-corrected chi connectivity index (χ4v) is 4.87. The Morgan fingerprint density at radius 3 is 2.24 bits per heavy atom. The molecule has 0 saturated carbocycles. The second-order valence-corrected chi connectivity index (χ2v) is 9.18. The Kier molecular flexibility index (Phi) is 5.95. The number of nitrogens with two attached hydrogens (primary N) is 1. The number of hydrogen-bond donors (Lipinski definition) is 1. The minimum absolute atomic E-state index is 0.0111. The first-order valence-electron chi connectivity index (χ1n) is 11.9. The zero-order valence-corrected chi connectivity index (χ0v) is 19.4. The van der Waals surface area contributed by atoms with E-state index in [1.54, 1.807) is 19.1 Å². The monoisotopic (exact) mass is 464 g/mol. The molecule has 1 aliphatic carbocycles. The summed E-state index contributed by atoms with van der Waals surface area (Å²) in [5, 5.41) is 0. The molecule has 1 aromatic rings. The SMILES string of the molecule is Cc1c2oc3c(C)ccc(C(=O)[C@@H]4CCCCO4)c3nc-2c(C(=O)[C@H]2CCCCO2)c(N)c1=O. The van der Waals surface area contributed by atoms with E-state index in [0.717, 1.165) is 31.2 Å². The molecule has 4 aliphatic rings. The van der Waals surface area contributed by atoms with E-state index in [1.165, 1.54) is 0 Å². The highest BCUT2D eigenvalue weighted by atomic mass is 16.5. The number of aryl methyl sites for hydroxylation is 1. The number of rotatable bonds is 4. The third-order valence-corrected chi connectivity index (χ3v) is 6.86. The molecule has 2 fully saturated rings. The van der Waals surface area contributed by atoms with Crippen molar-refractivity contribution in [2.45, 2.75) is 64.6 Å².